The summed E-state index contributed by atoms with van der Waals surface area (Å²) in [6.07, 6.45) is 1.80. The van der Waals surface area contributed by atoms with Gasteiger partial charge in [-0.3, -0.25) is 4.79 Å². The summed E-state index contributed by atoms with van der Waals surface area (Å²) in [5, 5.41) is 0. The Labute approximate surface area is 119 Å². The van der Waals surface area contributed by atoms with Crippen LogP contribution in [-0.4, -0.2) is 39.4 Å². The predicted octanol–water partition coefficient (Wildman–Crippen LogP) is 1.48. The van der Waals surface area contributed by atoms with Crippen LogP contribution in [0, 0.1) is 0 Å². The Balaban J connectivity index is 2.07. The molecular weight excluding hydrogens is 256 g/mol. The van der Waals surface area contributed by atoms with E-state index in [2.05, 4.69) is 0 Å². The molecule has 0 aliphatic carbocycles. The Bertz CT molecular complexity index is 450. The van der Waals surface area contributed by atoms with Gasteiger partial charge in [-0.2, -0.15) is 0 Å². The third-order valence-corrected chi connectivity index (χ3v) is 3.48. The van der Waals surface area contributed by atoms with Crippen molar-refractivity contribution >= 4 is 11.6 Å². The third kappa shape index (κ3) is 3.56. The number of para-hydroxylation sites is 1. The van der Waals surface area contributed by atoms with Gasteiger partial charge in [0.05, 0.1) is 13.2 Å². The van der Waals surface area contributed by atoms with Crippen LogP contribution in [0.15, 0.2) is 24.3 Å². The molecule has 1 atom stereocenters. The highest BCUT2D eigenvalue weighted by molar-refractivity contribution is 5.95. The van der Waals surface area contributed by atoms with Crippen molar-refractivity contribution in [3.63, 3.8) is 0 Å². The number of carbonyl (C=O) groups excluding carboxylic acids is 1. The van der Waals surface area contributed by atoms with Crippen molar-refractivity contribution < 1.29 is 14.3 Å². The number of ether oxygens (including phenoxy) is 2. The highest BCUT2D eigenvalue weighted by Crippen LogP contribution is 2.31. The van der Waals surface area contributed by atoms with Crippen LogP contribution in [-0.2, 0) is 14.3 Å². The van der Waals surface area contributed by atoms with E-state index in [1.165, 1.54) is 0 Å². The molecule has 1 aliphatic rings. The Morgan fingerprint density at radius 2 is 2.20 bits per heavy atom. The average Bonchev–Trinajstić information content (AvgIpc) is 2.63. The van der Waals surface area contributed by atoms with Gasteiger partial charge in [0.2, 0.25) is 0 Å². The van der Waals surface area contributed by atoms with Crippen LogP contribution < -0.4 is 10.6 Å². The third-order valence-electron chi connectivity index (χ3n) is 3.48. The van der Waals surface area contributed by atoms with E-state index in [9.17, 15) is 4.79 Å². The Morgan fingerprint density at radius 1 is 1.40 bits per heavy atom. The van der Waals surface area contributed by atoms with Gasteiger partial charge in [-0.1, -0.05) is 18.2 Å². The summed E-state index contributed by atoms with van der Waals surface area (Å²) < 4.78 is 10.2. The maximum atomic E-state index is 12.3. The molecule has 1 unspecified atom stereocenters. The first-order chi connectivity index (χ1) is 9.74. The number of benzene rings is 1. The van der Waals surface area contributed by atoms with Crippen LogP contribution in [0.2, 0.25) is 0 Å². The molecule has 20 heavy (non-hydrogen) atoms. The van der Waals surface area contributed by atoms with E-state index in [0.717, 1.165) is 24.1 Å². The van der Waals surface area contributed by atoms with Gasteiger partial charge < -0.3 is 20.1 Å². The first-order valence-corrected chi connectivity index (χ1v) is 6.95. The fourth-order valence-electron chi connectivity index (χ4n) is 2.43. The fraction of sp³-hybridized carbons (Fsp3) is 0.533. The summed E-state index contributed by atoms with van der Waals surface area (Å²) in [5.74, 6) is -0.0253. The van der Waals surface area contributed by atoms with Gasteiger partial charge in [0, 0.05) is 25.4 Å². The van der Waals surface area contributed by atoms with Gasteiger partial charge in [-0.25, -0.2) is 0 Å². The van der Waals surface area contributed by atoms with E-state index in [1.807, 2.05) is 24.3 Å². The van der Waals surface area contributed by atoms with Gasteiger partial charge in [0.25, 0.3) is 5.91 Å². The van der Waals surface area contributed by atoms with Crippen molar-refractivity contribution in [1.82, 2.24) is 0 Å². The Kier molecular flexibility index (Phi) is 5.52. The summed E-state index contributed by atoms with van der Waals surface area (Å²) in [4.78, 5) is 14.1. The van der Waals surface area contributed by atoms with Gasteiger partial charge in [-0.15, -0.1) is 0 Å². The average molecular weight is 278 g/mol. The molecule has 0 saturated heterocycles. The summed E-state index contributed by atoms with van der Waals surface area (Å²) >= 11 is 0. The number of amides is 1. The van der Waals surface area contributed by atoms with Crippen molar-refractivity contribution in [2.75, 3.05) is 38.4 Å². The fourth-order valence-corrected chi connectivity index (χ4v) is 2.43. The van der Waals surface area contributed by atoms with Crippen molar-refractivity contribution in [3.8, 4) is 0 Å². The summed E-state index contributed by atoms with van der Waals surface area (Å²) in [6.45, 7) is 1.69. The van der Waals surface area contributed by atoms with Crippen molar-refractivity contribution in [1.29, 1.82) is 0 Å². The molecule has 110 valence electrons. The largest absolute Gasteiger partial charge is 0.382 e. The lowest BCUT2D eigenvalue weighted by atomic mass is 10.0. The summed E-state index contributed by atoms with van der Waals surface area (Å²) in [5.41, 5.74) is 8.11. The van der Waals surface area contributed by atoms with E-state index in [0.29, 0.717) is 19.8 Å². The standard InChI is InChI=1S/C15H22N2O3/c1-19-9-10-20-11-15(18)17-8-4-6-13(16)12-5-2-3-7-14(12)17/h2-3,5,7,13H,4,6,8-11,16H2,1H3. The lowest BCUT2D eigenvalue weighted by molar-refractivity contribution is -0.123. The highest BCUT2D eigenvalue weighted by Gasteiger charge is 2.24. The second kappa shape index (κ2) is 7.38. The Hall–Kier alpha value is -1.43. The second-order valence-corrected chi connectivity index (χ2v) is 4.90. The van der Waals surface area contributed by atoms with Crippen molar-refractivity contribution in [2.45, 2.75) is 18.9 Å². The van der Waals surface area contributed by atoms with Crippen LogP contribution in [0.4, 0.5) is 5.69 Å². The van der Waals surface area contributed by atoms with Crippen LogP contribution in [0.3, 0.4) is 0 Å². The van der Waals surface area contributed by atoms with Crippen LogP contribution in [0.1, 0.15) is 24.4 Å². The van der Waals surface area contributed by atoms with E-state index in [-0.39, 0.29) is 18.6 Å². The molecule has 0 radical (unpaired) electrons. The maximum absolute atomic E-state index is 12.3. The van der Waals surface area contributed by atoms with Gasteiger partial charge >= 0.3 is 0 Å². The first kappa shape index (κ1) is 15.0. The number of rotatable bonds is 5. The topological polar surface area (TPSA) is 64.8 Å². The van der Waals surface area contributed by atoms with Gasteiger partial charge in [-0.05, 0) is 24.5 Å². The van der Waals surface area contributed by atoms with Crippen LogP contribution >= 0.6 is 0 Å². The monoisotopic (exact) mass is 278 g/mol. The minimum absolute atomic E-state index is 0.00147. The number of methoxy groups -OCH3 is 1. The molecule has 2 rings (SSSR count). The number of carbonyl (C=O) groups is 1. The number of fused-ring (bicyclic) bond motifs is 1. The lowest BCUT2D eigenvalue weighted by Gasteiger charge is -2.23. The molecule has 1 heterocycles. The normalized spacial score (nSPS) is 18.5. The van der Waals surface area contributed by atoms with E-state index >= 15 is 0 Å². The molecule has 0 aromatic heterocycles. The zero-order valence-corrected chi connectivity index (χ0v) is 11.9. The van der Waals surface area contributed by atoms with Gasteiger partial charge in [0.1, 0.15) is 6.61 Å². The molecule has 0 spiro atoms. The number of hydrogen-bond acceptors (Lipinski definition) is 4. The molecule has 1 aliphatic heterocycles. The molecule has 1 amide bonds. The summed E-state index contributed by atoms with van der Waals surface area (Å²) in [7, 11) is 1.61. The van der Waals surface area contributed by atoms with E-state index in [1.54, 1.807) is 12.0 Å². The molecule has 0 fully saturated rings. The zero-order chi connectivity index (χ0) is 14.4. The molecule has 1 aromatic rings. The molecule has 0 bridgehead atoms. The maximum Gasteiger partial charge on any atom is 0.252 e. The number of hydrogen-bond donors (Lipinski definition) is 1. The number of anilines is 1. The zero-order valence-electron chi connectivity index (χ0n) is 11.9. The molecule has 2 N–H and O–H groups in total. The lowest BCUT2D eigenvalue weighted by Crippen LogP contribution is -2.35. The van der Waals surface area contributed by atoms with E-state index < -0.39 is 0 Å². The van der Waals surface area contributed by atoms with Crippen molar-refractivity contribution in [2.24, 2.45) is 5.73 Å². The van der Waals surface area contributed by atoms with Gasteiger partial charge in [0.15, 0.2) is 0 Å². The second-order valence-electron chi connectivity index (χ2n) is 4.90. The molecule has 5 heteroatoms. The molecule has 0 saturated carbocycles. The van der Waals surface area contributed by atoms with Crippen LogP contribution in [0.5, 0.6) is 0 Å². The SMILES string of the molecule is COCCOCC(=O)N1CCCC(N)c2ccccc21. The minimum atomic E-state index is -0.0253. The van der Waals surface area contributed by atoms with E-state index in [4.69, 9.17) is 15.2 Å². The first-order valence-electron chi connectivity index (χ1n) is 6.95. The quantitative estimate of drug-likeness (QED) is 0.829. The van der Waals surface area contributed by atoms with Crippen molar-refractivity contribution in [3.05, 3.63) is 29.8 Å². The Morgan fingerprint density at radius 3 is 3.00 bits per heavy atom. The molecular formula is C15H22N2O3. The number of nitrogens with two attached hydrogens (primary N) is 1. The number of nitrogens with zero attached hydrogens (tertiary/aromatic N) is 1. The smallest absolute Gasteiger partial charge is 0.252 e. The summed E-state index contributed by atoms with van der Waals surface area (Å²) in [6, 6.07) is 7.84. The minimum Gasteiger partial charge on any atom is -0.382 e. The molecule has 5 nitrogen and oxygen atoms in total. The van der Waals surface area contributed by atoms with Crippen LogP contribution in [0.25, 0.3) is 0 Å². The molecule has 1 aromatic carbocycles. The predicted molar refractivity (Wildman–Crippen MR) is 77.7 cm³/mol. The highest BCUT2D eigenvalue weighted by atomic mass is 16.5.